The molecular weight excluding hydrogens is 462 g/mol. The summed E-state index contributed by atoms with van der Waals surface area (Å²) in [5, 5.41) is 2.93. The SMILES string of the molecule is O=C1Nc2ccccc2N(C(=O)Cc2ccc(OCCCN3CCCCCCC3)cc2)c2ccccc21. The van der Waals surface area contributed by atoms with Crippen LogP contribution in [0.2, 0.25) is 0 Å². The molecule has 0 aromatic heterocycles. The summed E-state index contributed by atoms with van der Waals surface area (Å²) < 4.78 is 5.98. The molecule has 1 N–H and O–H groups in total. The van der Waals surface area contributed by atoms with Gasteiger partial charge in [0.25, 0.3) is 5.91 Å². The Morgan fingerprint density at radius 1 is 0.811 bits per heavy atom. The molecule has 1 saturated heterocycles. The molecule has 6 heteroatoms. The monoisotopic (exact) mass is 497 g/mol. The number of rotatable bonds is 7. The Morgan fingerprint density at radius 2 is 1.49 bits per heavy atom. The molecule has 0 aliphatic carbocycles. The van der Waals surface area contributed by atoms with Crippen molar-refractivity contribution in [3.63, 3.8) is 0 Å². The Hall–Kier alpha value is -3.64. The van der Waals surface area contributed by atoms with Gasteiger partial charge in [0, 0.05) is 6.54 Å². The number of benzene rings is 3. The quantitative estimate of drug-likeness (QED) is 0.395. The van der Waals surface area contributed by atoms with Crippen LogP contribution in [0.4, 0.5) is 17.1 Å². The van der Waals surface area contributed by atoms with Gasteiger partial charge in [0.1, 0.15) is 5.75 Å². The van der Waals surface area contributed by atoms with Crippen molar-refractivity contribution in [2.75, 3.05) is 36.5 Å². The van der Waals surface area contributed by atoms with E-state index in [1.807, 2.05) is 66.7 Å². The minimum Gasteiger partial charge on any atom is -0.494 e. The van der Waals surface area contributed by atoms with Crippen molar-refractivity contribution in [2.24, 2.45) is 0 Å². The maximum atomic E-state index is 13.6. The first-order valence-electron chi connectivity index (χ1n) is 13.5. The molecule has 3 aromatic rings. The van der Waals surface area contributed by atoms with Gasteiger partial charge < -0.3 is 15.0 Å². The molecule has 192 valence electrons. The van der Waals surface area contributed by atoms with Crippen molar-refractivity contribution >= 4 is 28.9 Å². The normalized spacial score (nSPS) is 16.0. The van der Waals surface area contributed by atoms with Crippen LogP contribution in [0, 0.1) is 0 Å². The first-order chi connectivity index (χ1) is 18.2. The number of ether oxygens (including phenoxy) is 1. The van der Waals surface area contributed by atoms with Gasteiger partial charge in [-0.2, -0.15) is 0 Å². The molecule has 3 aromatic carbocycles. The molecule has 2 aliphatic heterocycles. The maximum Gasteiger partial charge on any atom is 0.257 e. The largest absolute Gasteiger partial charge is 0.494 e. The predicted octanol–water partition coefficient (Wildman–Crippen LogP) is 6.19. The highest BCUT2D eigenvalue weighted by Gasteiger charge is 2.28. The highest BCUT2D eigenvalue weighted by atomic mass is 16.5. The fourth-order valence-corrected chi connectivity index (χ4v) is 5.20. The van der Waals surface area contributed by atoms with E-state index in [0.29, 0.717) is 29.2 Å². The van der Waals surface area contributed by atoms with Crippen LogP contribution in [-0.2, 0) is 11.2 Å². The summed E-state index contributed by atoms with van der Waals surface area (Å²) in [5.74, 6) is 0.508. The summed E-state index contributed by atoms with van der Waals surface area (Å²) in [6, 6.07) is 22.4. The zero-order chi connectivity index (χ0) is 25.5. The van der Waals surface area contributed by atoms with Crippen molar-refractivity contribution < 1.29 is 14.3 Å². The number of hydrogen-bond acceptors (Lipinski definition) is 4. The lowest BCUT2D eigenvalue weighted by atomic mass is 10.1. The fraction of sp³-hybridized carbons (Fsp3) is 0.355. The Kier molecular flexibility index (Phi) is 8.16. The number of nitrogens with one attached hydrogen (secondary N) is 1. The molecule has 6 nitrogen and oxygen atoms in total. The lowest BCUT2D eigenvalue weighted by Crippen LogP contribution is -2.29. The van der Waals surface area contributed by atoms with Crippen LogP contribution in [0.1, 0.15) is 54.4 Å². The second kappa shape index (κ2) is 12.1. The minimum atomic E-state index is -0.216. The van der Waals surface area contributed by atoms with Gasteiger partial charge in [-0.25, -0.2) is 0 Å². The molecule has 0 atom stereocenters. The molecular formula is C31H35N3O3. The Bertz CT molecular complexity index is 1220. The summed E-state index contributed by atoms with van der Waals surface area (Å²) in [6.45, 7) is 4.19. The van der Waals surface area contributed by atoms with E-state index >= 15 is 0 Å². The summed E-state index contributed by atoms with van der Waals surface area (Å²) in [6.07, 6.45) is 7.94. The average Bonchev–Trinajstić information content (AvgIpc) is 3.02. The van der Waals surface area contributed by atoms with Crippen LogP contribution < -0.4 is 15.0 Å². The van der Waals surface area contributed by atoms with Gasteiger partial charge in [0.05, 0.1) is 35.7 Å². The average molecular weight is 498 g/mol. The van der Waals surface area contributed by atoms with Crippen molar-refractivity contribution in [1.29, 1.82) is 0 Å². The van der Waals surface area contributed by atoms with Gasteiger partial charge >= 0.3 is 0 Å². The van der Waals surface area contributed by atoms with E-state index in [0.717, 1.165) is 24.3 Å². The predicted molar refractivity (Wildman–Crippen MR) is 148 cm³/mol. The van der Waals surface area contributed by atoms with E-state index in [1.165, 1.54) is 45.2 Å². The standard InChI is InChI=1S/C31H35N3O3/c35-30(34-28-13-6-4-11-26(28)31(36)32-27-12-5-7-14-29(27)34)23-24-15-17-25(18-16-24)37-22-10-21-33-19-8-2-1-3-9-20-33/h4-7,11-18H,1-3,8-10,19-23H2,(H,32,36). The maximum absolute atomic E-state index is 13.6. The van der Waals surface area contributed by atoms with Crippen molar-refractivity contribution in [3.05, 3.63) is 83.9 Å². The molecule has 1 fully saturated rings. The van der Waals surface area contributed by atoms with Crippen LogP contribution in [-0.4, -0.2) is 43.0 Å². The first-order valence-corrected chi connectivity index (χ1v) is 13.5. The molecule has 2 amide bonds. The zero-order valence-electron chi connectivity index (χ0n) is 21.3. The molecule has 2 heterocycles. The van der Waals surface area contributed by atoms with Crippen molar-refractivity contribution in [2.45, 2.75) is 44.9 Å². The van der Waals surface area contributed by atoms with E-state index in [1.54, 1.807) is 11.0 Å². The molecule has 0 saturated carbocycles. The van der Waals surface area contributed by atoms with Gasteiger partial charge in [-0.05, 0) is 74.3 Å². The fourth-order valence-electron chi connectivity index (χ4n) is 5.20. The number of anilines is 3. The van der Waals surface area contributed by atoms with Crippen LogP contribution in [0.25, 0.3) is 0 Å². The van der Waals surface area contributed by atoms with E-state index in [4.69, 9.17) is 4.74 Å². The van der Waals surface area contributed by atoms with E-state index < -0.39 is 0 Å². The molecule has 0 spiro atoms. The zero-order valence-corrected chi connectivity index (χ0v) is 21.3. The highest BCUT2D eigenvalue weighted by molar-refractivity contribution is 6.17. The van der Waals surface area contributed by atoms with Crippen LogP contribution >= 0.6 is 0 Å². The third-order valence-corrected chi connectivity index (χ3v) is 7.15. The summed E-state index contributed by atoms with van der Waals surface area (Å²) in [4.78, 5) is 30.6. The number of carbonyl (C=O) groups is 2. The Balaban J connectivity index is 1.21. The topological polar surface area (TPSA) is 61.9 Å². The molecule has 0 unspecified atom stereocenters. The van der Waals surface area contributed by atoms with E-state index in [-0.39, 0.29) is 18.2 Å². The number of fused-ring (bicyclic) bond motifs is 2. The van der Waals surface area contributed by atoms with E-state index in [9.17, 15) is 9.59 Å². The second-order valence-corrected chi connectivity index (χ2v) is 9.85. The van der Waals surface area contributed by atoms with E-state index in [2.05, 4.69) is 10.2 Å². The Morgan fingerprint density at radius 3 is 2.27 bits per heavy atom. The molecule has 2 aliphatic rings. The lowest BCUT2D eigenvalue weighted by Gasteiger charge is -2.24. The van der Waals surface area contributed by atoms with Crippen LogP contribution in [0.15, 0.2) is 72.8 Å². The van der Waals surface area contributed by atoms with Gasteiger partial charge in [0.2, 0.25) is 5.91 Å². The van der Waals surface area contributed by atoms with Crippen LogP contribution in [0.5, 0.6) is 5.75 Å². The molecule has 0 bridgehead atoms. The first kappa shape index (κ1) is 25.0. The molecule has 0 radical (unpaired) electrons. The smallest absolute Gasteiger partial charge is 0.257 e. The number of carbonyl (C=O) groups excluding carboxylic acids is 2. The molecule has 37 heavy (non-hydrogen) atoms. The minimum absolute atomic E-state index is 0.0988. The summed E-state index contributed by atoms with van der Waals surface area (Å²) >= 11 is 0. The van der Waals surface area contributed by atoms with Gasteiger partial charge in [-0.15, -0.1) is 0 Å². The highest BCUT2D eigenvalue weighted by Crippen LogP contribution is 2.38. The number of amides is 2. The number of nitrogens with zero attached hydrogens (tertiary/aromatic N) is 2. The third-order valence-electron chi connectivity index (χ3n) is 7.15. The third kappa shape index (κ3) is 6.20. The van der Waals surface area contributed by atoms with Gasteiger partial charge in [-0.1, -0.05) is 55.7 Å². The summed E-state index contributed by atoms with van der Waals surface area (Å²) in [7, 11) is 0. The van der Waals surface area contributed by atoms with Crippen molar-refractivity contribution in [1.82, 2.24) is 4.90 Å². The number of likely N-dealkylation sites (tertiary alicyclic amines) is 1. The van der Waals surface area contributed by atoms with Gasteiger partial charge in [-0.3, -0.25) is 14.5 Å². The lowest BCUT2D eigenvalue weighted by molar-refractivity contribution is -0.117. The number of para-hydroxylation sites is 3. The second-order valence-electron chi connectivity index (χ2n) is 9.85. The van der Waals surface area contributed by atoms with Gasteiger partial charge in [0.15, 0.2) is 0 Å². The van der Waals surface area contributed by atoms with Crippen LogP contribution in [0.3, 0.4) is 0 Å². The van der Waals surface area contributed by atoms with Crippen molar-refractivity contribution in [3.8, 4) is 5.75 Å². The molecule has 5 rings (SSSR count). The Labute approximate surface area is 219 Å². The number of hydrogen-bond donors (Lipinski definition) is 1. The summed E-state index contributed by atoms with van der Waals surface area (Å²) in [5.41, 5.74) is 3.26.